The van der Waals surface area contributed by atoms with Crippen LogP contribution in [-0.4, -0.2) is 38.0 Å². The fourth-order valence-electron chi connectivity index (χ4n) is 3.13. The molecule has 2 atom stereocenters. The van der Waals surface area contributed by atoms with Crippen LogP contribution in [0.5, 0.6) is 0 Å². The summed E-state index contributed by atoms with van der Waals surface area (Å²) in [6.07, 6.45) is 2.62. The number of fused-ring (bicyclic) bond motifs is 1. The Labute approximate surface area is 134 Å². The van der Waals surface area contributed by atoms with E-state index in [2.05, 4.69) is 0 Å². The molecule has 1 aliphatic heterocycles. The molecule has 2 N–H and O–H groups in total. The lowest BCUT2D eigenvalue weighted by Crippen LogP contribution is -2.51. The molecule has 0 spiro atoms. The van der Waals surface area contributed by atoms with Gasteiger partial charge in [0, 0.05) is 12.2 Å². The van der Waals surface area contributed by atoms with E-state index in [1.54, 1.807) is 0 Å². The molecule has 1 aliphatic carbocycles. The summed E-state index contributed by atoms with van der Waals surface area (Å²) in [5.74, 6) is 0. The van der Waals surface area contributed by atoms with Crippen LogP contribution in [0, 0.1) is 0 Å². The zero-order chi connectivity index (χ0) is 15.2. The fraction of sp³-hybridized carbons (Fsp3) is 0.538. The summed E-state index contributed by atoms with van der Waals surface area (Å²) in [6, 6.07) is 2.69. The van der Waals surface area contributed by atoms with Gasteiger partial charge in [-0.15, -0.1) is 0 Å². The molecule has 2 unspecified atom stereocenters. The van der Waals surface area contributed by atoms with Crippen molar-refractivity contribution in [2.75, 3.05) is 18.9 Å². The van der Waals surface area contributed by atoms with Gasteiger partial charge in [-0.25, -0.2) is 8.42 Å². The van der Waals surface area contributed by atoms with Crippen LogP contribution in [0.25, 0.3) is 0 Å². The van der Waals surface area contributed by atoms with Gasteiger partial charge in [-0.05, 0) is 31.4 Å². The Kier molecular flexibility index (Phi) is 4.09. The molecule has 8 heteroatoms. The normalized spacial score (nSPS) is 26.8. The molecule has 1 saturated heterocycles. The average Bonchev–Trinajstić information content (AvgIpc) is 2.84. The SMILES string of the molecule is Nc1cc(Cl)c(S(=O)(=O)N2CCOC3CCCC32)c(Cl)c1. The number of nitrogens with two attached hydrogens (primary N) is 1. The Morgan fingerprint density at radius 2 is 1.90 bits per heavy atom. The lowest BCUT2D eigenvalue weighted by atomic mass is 10.2. The highest BCUT2D eigenvalue weighted by Crippen LogP contribution is 2.38. The van der Waals surface area contributed by atoms with Crippen LogP contribution in [0.2, 0.25) is 10.0 Å². The van der Waals surface area contributed by atoms with E-state index in [1.165, 1.54) is 16.4 Å². The number of sulfonamides is 1. The van der Waals surface area contributed by atoms with Crippen LogP contribution in [0.3, 0.4) is 0 Å². The summed E-state index contributed by atoms with van der Waals surface area (Å²) in [6.45, 7) is 0.713. The summed E-state index contributed by atoms with van der Waals surface area (Å²) < 4.78 is 33.0. The van der Waals surface area contributed by atoms with E-state index in [0.29, 0.717) is 18.8 Å². The molecular weight excluding hydrogens is 335 g/mol. The van der Waals surface area contributed by atoms with Crippen LogP contribution in [0.1, 0.15) is 19.3 Å². The summed E-state index contributed by atoms with van der Waals surface area (Å²) >= 11 is 12.2. The Balaban J connectivity index is 2.04. The van der Waals surface area contributed by atoms with Crippen molar-refractivity contribution < 1.29 is 13.2 Å². The number of rotatable bonds is 2. The van der Waals surface area contributed by atoms with E-state index in [1.807, 2.05) is 0 Å². The maximum Gasteiger partial charge on any atom is 0.246 e. The number of nitrogens with zero attached hydrogens (tertiary/aromatic N) is 1. The average molecular weight is 351 g/mol. The quantitative estimate of drug-likeness (QED) is 0.831. The highest BCUT2D eigenvalue weighted by atomic mass is 35.5. The first kappa shape index (κ1) is 15.4. The van der Waals surface area contributed by atoms with Gasteiger partial charge in [-0.3, -0.25) is 0 Å². The van der Waals surface area contributed by atoms with Crippen molar-refractivity contribution >= 4 is 38.9 Å². The Hall–Kier alpha value is -0.530. The number of hydrogen-bond donors (Lipinski definition) is 1. The number of morpholine rings is 1. The zero-order valence-electron chi connectivity index (χ0n) is 11.3. The molecular formula is C13H16Cl2N2O3S. The number of anilines is 1. The van der Waals surface area contributed by atoms with Gasteiger partial charge in [-0.2, -0.15) is 4.31 Å². The number of benzene rings is 1. The fourth-order valence-corrected chi connectivity index (χ4v) is 5.98. The maximum atomic E-state index is 12.9. The molecule has 2 fully saturated rings. The molecule has 116 valence electrons. The highest BCUT2D eigenvalue weighted by molar-refractivity contribution is 7.89. The van der Waals surface area contributed by atoms with E-state index in [-0.39, 0.29) is 27.1 Å². The van der Waals surface area contributed by atoms with Gasteiger partial charge < -0.3 is 10.5 Å². The summed E-state index contributed by atoms with van der Waals surface area (Å²) in [4.78, 5) is -0.0624. The van der Waals surface area contributed by atoms with Crippen molar-refractivity contribution in [1.82, 2.24) is 4.31 Å². The minimum Gasteiger partial charge on any atom is -0.399 e. The summed E-state index contributed by atoms with van der Waals surface area (Å²) in [5, 5.41) is 0.113. The Morgan fingerprint density at radius 3 is 2.57 bits per heavy atom. The van der Waals surface area contributed by atoms with E-state index in [9.17, 15) is 8.42 Å². The second-order valence-corrected chi connectivity index (χ2v) is 7.98. The van der Waals surface area contributed by atoms with E-state index >= 15 is 0 Å². The summed E-state index contributed by atoms with van der Waals surface area (Å²) in [7, 11) is -3.76. The second kappa shape index (κ2) is 5.59. The predicted molar refractivity (Wildman–Crippen MR) is 82.1 cm³/mol. The van der Waals surface area contributed by atoms with E-state index in [4.69, 9.17) is 33.7 Å². The number of ether oxygens (including phenoxy) is 1. The van der Waals surface area contributed by atoms with Crippen LogP contribution < -0.4 is 5.73 Å². The largest absolute Gasteiger partial charge is 0.399 e. The third kappa shape index (κ3) is 2.64. The lowest BCUT2D eigenvalue weighted by Gasteiger charge is -2.36. The third-order valence-corrected chi connectivity index (χ3v) is 6.87. The highest BCUT2D eigenvalue weighted by Gasteiger charge is 2.43. The zero-order valence-corrected chi connectivity index (χ0v) is 13.6. The van der Waals surface area contributed by atoms with Crippen molar-refractivity contribution in [2.45, 2.75) is 36.3 Å². The monoisotopic (exact) mass is 350 g/mol. The predicted octanol–water partition coefficient (Wildman–Crippen LogP) is 2.52. The molecule has 5 nitrogen and oxygen atoms in total. The van der Waals surface area contributed by atoms with Crippen LogP contribution >= 0.6 is 23.2 Å². The molecule has 0 aromatic heterocycles. The van der Waals surface area contributed by atoms with E-state index in [0.717, 1.165) is 19.3 Å². The molecule has 0 radical (unpaired) electrons. The molecule has 1 saturated carbocycles. The Bertz CT molecular complexity index is 642. The molecule has 3 rings (SSSR count). The van der Waals surface area contributed by atoms with Crippen molar-refractivity contribution in [1.29, 1.82) is 0 Å². The molecule has 0 amide bonds. The van der Waals surface area contributed by atoms with Crippen molar-refractivity contribution in [2.24, 2.45) is 0 Å². The van der Waals surface area contributed by atoms with Gasteiger partial charge in [-0.1, -0.05) is 23.2 Å². The maximum absolute atomic E-state index is 12.9. The van der Waals surface area contributed by atoms with Gasteiger partial charge in [0.05, 0.1) is 28.8 Å². The van der Waals surface area contributed by atoms with Gasteiger partial charge in [0.2, 0.25) is 10.0 Å². The van der Waals surface area contributed by atoms with E-state index < -0.39 is 10.0 Å². The van der Waals surface area contributed by atoms with Crippen molar-refractivity contribution in [3.63, 3.8) is 0 Å². The first-order chi connectivity index (χ1) is 9.91. The minimum atomic E-state index is -3.76. The van der Waals surface area contributed by atoms with Gasteiger partial charge >= 0.3 is 0 Å². The molecule has 21 heavy (non-hydrogen) atoms. The molecule has 1 aromatic carbocycles. The summed E-state index contributed by atoms with van der Waals surface area (Å²) in [5.41, 5.74) is 5.98. The van der Waals surface area contributed by atoms with Gasteiger partial charge in [0.15, 0.2) is 0 Å². The second-order valence-electron chi connectivity index (χ2n) is 5.34. The molecule has 1 aromatic rings. The first-order valence-corrected chi connectivity index (χ1v) is 8.99. The topological polar surface area (TPSA) is 72.6 Å². The van der Waals surface area contributed by atoms with Crippen molar-refractivity contribution in [3.05, 3.63) is 22.2 Å². The number of hydrogen-bond acceptors (Lipinski definition) is 4. The standard InChI is InChI=1S/C13H16Cl2N2O3S/c14-9-6-8(16)7-10(15)13(9)21(18,19)17-4-5-20-12-3-1-2-11(12)17/h6-7,11-12H,1-5,16H2. The van der Waals surface area contributed by atoms with Crippen LogP contribution in [0.15, 0.2) is 17.0 Å². The molecule has 2 aliphatic rings. The number of halogens is 2. The van der Waals surface area contributed by atoms with Gasteiger partial charge in [0.1, 0.15) is 4.90 Å². The van der Waals surface area contributed by atoms with Crippen molar-refractivity contribution in [3.8, 4) is 0 Å². The Morgan fingerprint density at radius 1 is 1.24 bits per heavy atom. The molecule has 1 heterocycles. The minimum absolute atomic E-state index is 0.0279. The third-order valence-electron chi connectivity index (χ3n) is 4.02. The molecule has 0 bridgehead atoms. The van der Waals surface area contributed by atoms with Gasteiger partial charge in [0.25, 0.3) is 0 Å². The van der Waals surface area contributed by atoms with Crippen LogP contribution in [0.4, 0.5) is 5.69 Å². The van der Waals surface area contributed by atoms with Crippen LogP contribution in [-0.2, 0) is 14.8 Å². The first-order valence-electron chi connectivity index (χ1n) is 6.79. The number of nitrogen functional groups attached to an aromatic ring is 1. The smallest absolute Gasteiger partial charge is 0.246 e. The lowest BCUT2D eigenvalue weighted by molar-refractivity contribution is -0.0241.